The van der Waals surface area contributed by atoms with Crippen LogP contribution in [0.15, 0.2) is 42.5 Å². The molecule has 1 amide bonds. The normalized spacial score (nSPS) is 11.3. The highest BCUT2D eigenvalue weighted by Gasteiger charge is 2.24. The van der Waals surface area contributed by atoms with E-state index in [-0.39, 0.29) is 11.4 Å². The monoisotopic (exact) mass is 293 g/mol. The molecule has 2 nitrogen and oxygen atoms in total. The predicted molar refractivity (Wildman–Crippen MR) is 73.3 cm³/mol. The lowest BCUT2D eigenvalue weighted by atomic mass is 9.94. The van der Waals surface area contributed by atoms with Crippen molar-refractivity contribution in [1.82, 2.24) is 5.32 Å². The van der Waals surface area contributed by atoms with Crippen molar-refractivity contribution in [3.63, 3.8) is 0 Å². The standard InChI is InChI=1S/C16H14F3NO/c1-16(2,11-4-6-12(17)7-5-11)20-15(21)10-3-8-13(18)14(19)9-10/h3-9H,1-2H3,(H,20,21). The fourth-order valence-corrected chi connectivity index (χ4v) is 1.93. The van der Waals surface area contributed by atoms with Gasteiger partial charge in [0.15, 0.2) is 11.6 Å². The molecule has 21 heavy (non-hydrogen) atoms. The van der Waals surface area contributed by atoms with Crippen molar-refractivity contribution < 1.29 is 18.0 Å². The summed E-state index contributed by atoms with van der Waals surface area (Å²) in [7, 11) is 0. The lowest BCUT2D eigenvalue weighted by Crippen LogP contribution is -2.41. The Bertz CT molecular complexity index is 666. The van der Waals surface area contributed by atoms with E-state index in [1.165, 1.54) is 18.2 Å². The molecule has 0 aliphatic heterocycles. The first-order valence-electron chi connectivity index (χ1n) is 6.33. The van der Waals surface area contributed by atoms with Gasteiger partial charge in [-0.1, -0.05) is 12.1 Å². The molecule has 0 fully saturated rings. The van der Waals surface area contributed by atoms with E-state index in [0.29, 0.717) is 5.56 Å². The second-order valence-corrected chi connectivity index (χ2v) is 5.21. The molecule has 5 heteroatoms. The minimum Gasteiger partial charge on any atom is -0.343 e. The fourth-order valence-electron chi connectivity index (χ4n) is 1.93. The van der Waals surface area contributed by atoms with Crippen LogP contribution in [0.2, 0.25) is 0 Å². The Labute approximate surface area is 120 Å². The molecule has 0 atom stereocenters. The third kappa shape index (κ3) is 3.42. The maximum Gasteiger partial charge on any atom is 0.252 e. The van der Waals surface area contributed by atoms with E-state index in [0.717, 1.165) is 12.1 Å². The van der Waals surface area contributed by atoms with Crippen LogP contribution in [0.3, 0.4) is 0 Å². The van der Waals surface area contributed by atoms with Crippen LogP contribution < -0.4 is 5.32 Å². The zero-order valence-corrected chi connectivity index (χ0v) is 11.6. The molecule has 0 unspecified atom stereocenters. The van der Waals surface area contributed by atoms with E-state index < -0.39 is 23.1 Å². The summed E-state index contributed by atoms with van der Waals surface area (Å²) in [6.07, 6.45) is 0. The largest absolute Gasteiger partial charge is 0.343 e. The zero-order valence-electron chi connectivity index (χ0n) is 11.6. The molecule has 0 heterocycles. The van der Waals surface area contributed by atoms with Crippen LogP contribution in [0, 0.1) is 17.5 Å². The van der Waals surface area contributed by atoms with Crippen molar-refractivity contribution in [1.29, 1.82) is 0 Å². The van der Waals surface area contributed by atoms with Gasteiger partial charge in [-0.05, 0) is 49.7 Å². The molecule has 0 aromatic heterocycles. The van der Waals surface area contributed by atoms with Crippen LogP contribution in [0.4, 0.5) is 13.2 Å². The summed E-state index contributed by atoms with van der Waals surface area (Å²) in [5.41, 5.74) is -0.0701. The first-order chi connectivity index (χ1) is 9.79. The number of rotatable bonds is 3. The first-order valence-corrected chi connectivity index (χ1v) is 6.33. The average Bonchev–Trinajstić information content (AvgIpc) is 2.41. The number of benzene rings is 2. The summed E-state index contributed by atoms with van der Waals surface area (Å²) >= 11 is 0. The van der Waals surface area contributed by atoms with E-state index in [2.05, 4.69) is 5.32 Å². The number of amides is 1. The van der Waals surface area contributed by atoms with Crippen LogP contribution in [-0.4, -0.2) is 5.91 Å². The maximum absolute atomic E-state index is 13.1. The Kier molecular flexibility index (Phi) is 4.02. The number of carbonyl (C=O) groups excluding carboxylic acids is 1. The predicted octanol–water partition coefficient (Wildman–Crippen LogP) is 3.77. The van der Waals surface area contributed by atoms with Crippen molar-refractivity contribution in [2.24, 2.45) is 0 Å². The van der Waals surface area contributed by atoms with Gasteiger partial charge < -0.3 is 5.32 Å². The van der Waals surface area contributed by atoms with Crippen molar-refractivity contribution in [2.45, 2.75) is 19.4 Å². The Morgan fingerprint density at radius 2 is 1.57 bits per heavy atom. The molecule has 0 saturated carbocycles. The Morgan fingerprint density at radius 1 is 0.952 bits per heavy atom. The van der Waals surface area contributed by atoms with Gasteiger partial charge in [-0.2, -0.15) is 0 Å². The van der Waals surface area contributed by atoms with Gasteiger partial charge in [-0.3, -0.25) is 4.79 Å². The lowest BCUT2D eigenvalue weighted by molar-refractivity contribution is 0.0911. The molecular formula is C16H14F3NO. The van der Waals surface area contributed by atoms with Crippen LogP contribution in [-0.2, 0) is 5.54 Å². The van der Waals surface area contributed by atoms with Crippen LogP contribution in [0.25, 0.3) is 0 Å². The van der Waals surface area contributed by atoms with E-state index in [1.807, 2.05) is 0 Å². The number of hydrogen-bond acceptors (Lipinski definition) is 1. The van der Waals surface area contributed by atoms with Gasteiger partial charge in [0, 0.05) is 5.56 Å². The summed E-state index contributed by atoms with van der Waals surface area (Å²) in [4.78, 5) is 12.1. The van der Waals surface area contributed by atoms with E-state index in [1.54, 1.807) is 26.0 Å². The second kappa shape index (κ2) is 5.60. The van der Waals surface area contributed by atoms with E-state index >= 15 is 0 Å². The molecule has 2 aromatic rings. The van der Waals surface area contributed by atoms with Crippen molar-refractivity contribution in [3.8, 4) is 0 Å². The van der Waals surface area contributed by atoms with Crippen LogP contribution in [0.5, 0.6) is 0 Å². The minimum absolute atomic E-state index is 0.0177. The van der Waals surface area contributed by atoms with Gasteiger partial charge in [0.2, 0.25) is 0 Å². The summed E-state index contributed by atoms with van der Waals surface area (Å²) in [5, 5.41) is 2.70. The van der Waals surface area contributed by atoms with Crippen LogP contribution in [0.1, 0.15) is 29.8 Å². The fraction of sp³-hybridized carbons (Fsp3) is 0.188. The van der Waals surface area contributed by atoms with Crippen molar-refractivity contribution >= 4 is 5.91 Å². The third-order valence-electron chi connectivity index (χ3n) is 3.17. The van der Waals surface area contributed by atoms with Gasteiger partial charge >= 0.3 is 0 Å². The molecule has 1 N–H and O–H groups in total. The Balaban J connectivity index is 2.21. The van der Waals surface area contributed by atoms with E-state index in [4.69, 9.17) is 0 Å². The summed E-state index contributed by atoms with van der Waals surface area (Å²) < 4.78 is 38.9. The molecule has 0 radical (unpaired) electrons. The van der Waals surface area contributed by atoms with Gasteiger partial charge in [0.25, 0.3) is 5.91 Å². The SMILES string of the molecule is CC(C)(NC(=O)c1ccc(F)c(F)c1)c1ccc(F)cc1. The maximum atomic E-state index is 13.1. The smallest absolute Gasteiger partial charge is 0.252 e. The number of hydrogen-bond donors (Lipinski definition) is 1. The van der Waals surface area contributed by atoms with Gasteiger partial charge in [-0.15, -0.1) is 0 Å². The second-order valence-electron chi connectivity index (χ2n) is 5.21. The molecule has 2 aromatic carbocycles. The lowest BCUT2D eigenvalue weighted by Gasteiger charge is -2.27. The molecule has 0 saturated heterocycles. The highest BCUT2D eigenvalue weighted by molar-refractivity contribution is 5.94. The van der Waals surface area contributed by atoms with Crippen molar-refractivity contribution in [2.75, 3.05) is 0 Å². The Hall–Kier alpha value is -2.30. The molecular weight excluding hydrogens is 279 g/mol. The zero-order chi connectivity index (χ0) is 15.6. The number of carbonyl (C=O) groups is 1. The molecule has 0 aliphatic carbocycles. The summed E-state index contributed by atoms with van der Waals surface area (Å²) in [6, 6.07) is 8.64. The number of halogens is 3. The topological polar surface area (TPSA) is 29.1 Å². The molecule has 110 valence electrons. The first kappa shape index (κ1) is 15.1. The molecule has 0 bridgehead atoms. The average molecular weight is 293 g/mol. The number of nitrogens with one attached hydrogen (secondary N) is 1. The van der Waals surface area contributed by atoms with Gasteiger partial charge in [0.05, 0.1) is 5.54 Å². The quantitative estimate of drug-likeness (QED) is 0.917. The highest BCUT2D eigenvalue weighted by atomic mass is 19.2. The van der Waals surface area contributed by atoms with Crippen LogP contribution >= 0.6 is 0 Å². The summed E-state index contributed by atoms with van der Waals surface area (Å²) in [6.45, 7) is 3.47. The molecule has 0 aliphatic rings. The highest BCUT2D eigenvalue weighted by Crippen LogP contribution is 2.21. The molecule has 0 spiro atoms. The Morgan fingerprint density at radius 3 is 2.14 bits per heavy atom. The third-order valence-corrected chi connectivity index (χ3v) is 3.17. The summed E-state index contributed by atoms with van der Waals surface area (Å²) in [5.74, 6) is -3.00. The van der Waals surface area contributed by atoms with Gasteiger partial charge in [0.1, 0.15) is 5.82 Å². The van der Waals surface area contributed by atoms with Crippen molar-refractivity contribution in [3.05, 3.63) is 71.0 Å². The minimum atomic E-state index is -1.08. The van der Waals surface area contributed by atoms with E-state index in [9.17, 15) is 18.0 Å². The van der Waals surface area contributed by atoms with Gasteiger partial charge in [-0.25, -0.2) is 13.2 Å². The molecule has 2 rings (SSSR count).